The third kappa shape index (κ3) is 3.40. The lowest BCUT2D eigenvalue weighted by Gasteiger charge is -2.13. The molecule has 0 atom stereocenters. The van der Waals surface area contributed by atoms with E-state index < -0.39 is 26.7 Å². The lowest BCUT2D eigenvalue weighted by atomic mass is 10.1. The standard InChI is InChI=1S/C15H18F3N3O2S/c1-5-21-11(4)14(10(3)19-21)20-24(22,23)12-7-6-9(2)13(8-12)15(16,17)18/h6-8,20H,5H2,1-4H3. The average molecular weight is 361 g/mol. The highest BCUT2D eigenvalue weighted by molar-refractivity contribution is 7.92. The van der Waals surface area contributed by atoms with E-state index in [4.69, 9.17) is 0 Å². The average Bonchev–Trinajstić information content (AvgIpc) is 2.73. The van der Waals surface area contributed by atoms with Gasteiger partial charge in [-0.1, -0.05) is 6.07 Å². The predicted octanol–water partition coefficient (Wildman–Crippen LogP) is 3.65. The van der Waals surface area contributed by atoms with Crippen LogP contribution in [0.3, 0.4) is 0 Å². The lowest BCUT2D eigenvalue weighted by molar-refractivity contribution is -0.138. The first kappa shape index (κ1) is 18.3. The molecule has 0 bridgehead atoms. The topological polar surface area (TPSA) is 64.0 Å². The Labute approximate surface area is 138 Å². The van der Waals surface area contributed by atoms with Gasteiger partial charge in [-0.05, 0) is 45.4 Å². The summed E-state index contributed by atoms with van der Waals surface area (Å²) < 4.78 is 67.9. The molecule has 0 unspecified atom stereocenters. The molecule has 0 aliphatic heterocycles. The molecule has 0 saturated carbocycles. The Kier molecular flexibility index (Phi) is 4.67. The van der Waals surface area contributed by atoms with Crippen molar-refractivity contribution in [2.45, 2.75) is 45.3 Å². The summed E-state index contributed by atoms with van der Waals surface area (Å²) in [6.45, 7) is 7.02. The lowest BCUT2D eigenvalue weighted by Crippen LogP contribution is -2.16. The molecule has 9 heteroatoms. The fourth-order valence-corrected chi connectivity index (χ4v) is 3.62. The molecule has 0 radical (unpaired) electrons. The Morgan fingerprint density at radius 2 is 1.83 bits per heavy atom. The van der Waals surface area contributed by atoms with Gasteiger partial charge in [-0.2, -0.15) is 18.3 Å². The molecule has 0 amide bonds. The third-order valence-electron chi connectivity index (χ3n) is 3.74. The molecule has 1 aromatic heterocycles. The highest BCUT2D eigenvalue weighted by Gasteiger charge is 2.34. The van der Waals surface area contributed by atoms with E-state index in [0.717, 1.165) is 12.1 Å². The molecule has 24 heavy (non-hydrogen) atoms. The number of anilines is 1. The summed E-state index contributed by atoms with van der Waals surface area (Å²) in [4.78, 5) is -0.441. The number of hydrogen-bond donors (Lipinski definition) is 1. The number of nitrogens with zero attached hydrogens (tertiary/aromatic N) is 2. The van der Waals surface area contributed by atoms with Gasteiger partial charge in [-0.15, -0.1) is 0 Å². The van der Waals surface area contributed by atoms with Gasteiger partial charge in [-0.25, -0.2) is 8.42 Å². The first-order chi connectivity index (χ1) is 11.0. The van der Waals surface area contributed by atoms with E-state index in [1.807, 2.05) is 6.92 Å². The summed E-state index contributed by atoms with van der Waals surface area (Å²) in [5.74, 6) is 0. The molecule has 0 fully saturated rings. The van der Waals surface area contributed by atoms with Crippen LogP contribution in [0.5, 0.6) is 0 Å². The number of sulfonamides is 1. The van der Waals surface area contributed by atoms with Crippen LogP contribution in [0.2, 0.25) is 0 Å². The molecule has 1 N–H and O–H groups in total. The summed E-state index contributed by atoms with van der Waals surface area (Å²) >= 11 is 0. The van der Waals surface area contributed by atoms with Gasteiger partial charge in [0.2, 0.25) is 0 Å². The fraction of sp³-hybridized carbons (Fsp3) is 0.400. The number of alkyl halides is 3. The molecule has 5 nitrogen and oxygen atoms in total. The van der Waals surface area contributed by atoms with Crippen molar-refractivity contribution in [2.24, 2.45) is 0 Å². The van der Waals surface area contributed by atoms with Crippen LogP contribution in [0, 0.1) is 20.8 Å². The zero-order chi connectivity index (χ0) is 18.3. The fourth-order valence-electron chi connectivity index (χ4n) is 2.42. The van der Waals surface area contributed by atoms with E-state index in [2.05, 4.69) is 9.82 Å². The number of rotatable bonds is 4. The van der Waals surface area contributed by atoms with Crippen molar-refractivity contribution in [3.05, 3.63) is 40.7 Å². The van der Waals surface area contributed by atoms with E-state index in [9.17, 15) is 21.6 Å². The molecule has 0 spiro atoms. The summed E-state index contributed by atoms with van der Waals surface area (Å²) in [5, 5.41) is 4.19. The van der Waals surface area contributed by atoms with E-state index >= 15 is 0 Å². The Balaban J connectivity index is 2.47. The van der Waals surface area contributed by atoms with Crippen LogP contribution < -0.4 is 4.72 Å². The Hall–Kier alpha value is -2.03. The van der Waals surface area contributed by atoms with Gasteiger partial charge in [0.25, 0.3) is 10.0 Å². The Morgan fingerprint density at radius 1 is 1.21 bits per heavy atom. The molecule has 0 aliphatic carbocycles. The molecule has 1 aromatic carbocycles. The summed E-state index contributed by atoms with van der Waals surface area (Å²) in [7, 11) is -4.16. The van der Waals surface area contributed by atoms with Crippen molar-refractivity contribution in [3.63, 3.8) is 0 Å². The van der Waals surface area contributed by atoms with Gasteiger partial charge in [-0.3, -0.25) is 9.40 Å². The van der Waals surface area contributed by atoms with Crippen LogP contribution in [0.25, 0.3) is 0 Å². The molecule has 2 aromatic rings. The zero-order valence-electron chi connectivity index (χ0n) is 13.7. The molecular formula is C15H18F3N3O2S. The number of benzene rings is 1. The van der Waals surface area contributed by atoms with Gasteiger partial charge in [0, 0.05) is 6.54 Å². The number of hydrogen-bond acceptors (Lipinski definition) is 3. The van der Waals surface area contributed by atoms with E-state index in [1.54, 1.807) is 18.5 Å². The molecule has 0 aliphatic rings. The monoisotopic (exact) mass is 361 g/mol. The largest absolute Gasteiger partial charge is 0.416 e. The van der Waals surface area contributed by atoms with E-state index in [-0.39, 0.29) is 11.3 Å². The maximum Gasteiger partial charge on any atom is 0.416 e. The van der Waals surface area contributed by atoms with Crippen LogP contribution in [-0.2, 0) is 22.7 Å². The van der Waals surface area contributed by atoms with Crippen LogP contribution in [0.4, 0.5) is 18.9 Å². The summed E-state index contributed by atoms with van der Waals surface area (Å²) in [5.41, 5.74) is 0.337. The van der Waals surface area contributed by atoms with Gasteiger partial charge in [0.1, 0.15) is 0 Å². The minimum atomic E-state index is -4.62. The smallest absolute Gasteiger partial charge is 0.276 e. The number of aryl methyl sites for hydroxylation is 3. The molecular weight excluding hydrogens is 343 g/mol. The highest BCUT2D eigenvalue weighted by atomic mass is 32.2. The van der Waals surface area contributed by atoms with Crippen molar-refractivity contribution >= 4 is 15.7 Å². The molecule has 132 valence electrons. The van der Waals surface area contributed by atoms with E-state index in [1.165, 1.54) is 6.92 Å². The Morgan fingerprint density at radius 3 is 2.33 bits per heavy atom. The van der Waals surface area contributed by atoms with Crippen LogP contribution in [0.1, 0.15) is 29.4 Å². The highest BCUT2D eigenvalue weighted by Crippen LogP contribution is 2.33. The zero-order valence-corrected chi connectivity index (χ0v) is 14.5. The van der Waals surface area contributed by atoms with Crippen LogP contribution in [-0.4, -0.2) is 18.2 Å². The summed E-state index contributed by atoms with van der Waals surface area (Å²) in [6, 6.07) is 2.95. The predicted molar refractivity (Wildman–Crippen MR) is 84.4 cm³/mol. The second-order valence-corrected chi connectivity index (χ2v) is 7.12. The van der Waals surface area contributed by atoms with Gasteiger partial charge in [0.05, 0.1) is 27.5 Å². The maximum absolute atomic E-state index is 13.0. The summed E-state index contributed by atoms with van der Waals surface area (Å²) in [6.07, 6.45) is -4.62. The van der Waals surface area contributed by atoms with Crippen molar-refractivity contribution in [1.29, 1.82) is 0 Å². The van der Waals surface area contributed by atoms with Crippen molar-refractivity contribution in [3.8, 4) is 0 Å². The normalized spacial score (nSPS) is 12.5. The maximum atomic E-state index is 13.0. The number of aromatic nitrogens is 2. The Bertz CT molecular complexity index is 871. The van der Waals surface area contributed by atoms with Crippen molar-refractivity contribution < 1.29 is 21.6 Å². The van der Waals surface area contributed by atoms with Gasteiger partial charge in [0.15, 0.2) is 0 Å². The van der Waals surface area contributed by atoms with Gasteiger partial charge < -0.3 is 0 Å². The van der Waals surface area contributed by atoms with E-state index in [0.29, 0.717) is 24.0 Å². The van der Waals surface area contributed by atoms with Gasteiger partial charge >= 0.3 is 6.18 Å². The molecule has 1 heterocycles. The van der Waals surface area contributed by atoms with Crippen molar-refractivity contribution in [2.75, 3.05) is 4.72 Å². The molecule has 2 rings (SSSR count). The second kappa shape index (κ2) is 6.12. The molecule has 0 saturated heterocycles. The van der Waals surface area contributed by atoms with Crippen molar-refractivity contribution in [1.82, 2.24) is 9.78 Å². The van der Waals surface area contributed by atoms with Crippen LogP contribution >= 0.6 is 0 Å². The van der Waals surface area contributed by atoms with Crippen LogP contribution in [0.15, 0.2) is 23.1 Å². The third-order valence-corrected chi connectivity index (χ3v) is 5.09. The first-order valence-electron chi connectivity index (χ1n) is 7.22. The minimum absolute atomic E-state index is 0.0346. The SMILES string of the molecule is CCn1nc(C)c(NS(=O)(=O)c2ccc(C)c(C(F)(F)F)c2)c1C. The first-order valence-corrected chi connectivity index (χ1v) is 8.70. The number of halogens is 3. The second-order valence-electron chi connectivity index (χ2n) is 5.44. The minimum Gasteiger partial charge on any atom is -0.276 e. The number of nitrogens with one attached hydrogen (secondary N) is 1. The quantitative estimate of drug-likeness (QED) is 0.904.